The molecule has 0 aromatic heterocycles. The minimum absolute atomic E-state index is 0.116. The molecule has 0 saturated heterocycles. The lowest BCUT2D eigenvalue weighted by Gasteiger charge is -2.17. The molecule has 7 heteroatoms. The van der Waals surface area contributed by atoms with E-state index in [4.69, 9.17) is 4.74 Å². The van der Waals surface area contributed by atoms with Crippen molar-refractivity contribution >= 4 is 27.3 Å². The first-order valence-electron chi connectivity index (χ1n) is 9.99. The van der Waals surface area contributed by atoms with Crippen LogP contribution < -0.4 is 14.8 Å². The predicted octanol–water partition coefficient (Wildman–Crippen LogP) is 4.47. The molecule has 1 aliphatic carbocycles. The number of carbonyl (C=O) groups excluding carboxylic acids is 1. The molecule has 0 spiro atoms. The van der Waals surface area contributed by atoms with Crippen LogP contribution in [0.3, 0.4) is 0 Å². The third-order valence-electron chi connectivity index (χ3n) is 5.59. The summed E-state index contributed by atoms with van der Waals surface area (Å²) in [5.74, 6) is 0.519. The van der Waals surface area contributed by atoms with Gasteiger partial charge in [-0.2, -0.15) is 0 Å². The van der Waals surface area contributed by atoms with Gasteiger partial charge in [0.05, 0.1) is 17.4 Å². The molecule has 3 aromatic rings. The van der Waals surface area contributed by atoms with Gasteiger partial charge < -0.3 is 10.1 Å². The number of rotatable bonds is 7. The molecule has 3 aromatic carbocycles. The molecule has 0 radical (unpaired) electrons. The Morgan fingerprint density at radius 3 is 2.19 bits per heavy atom. The van der Waals surface area contributed by atoms with E-state index < -0.39 is 15.4 Å². The standard InChI is InChI=1S/C24H24N2O4S/c1-17-8-9-20(25-23(27)24(14-15-24)18-6-4-3-5-7-18)16-22(17)31(28,29)26-19-10-12-21(30-2)13-11-19/h3-13,16,26H,14-15H2,1-2H3,(H,25,27). The Morgan fingerprint density at radius 2 is 1.58 bits per heavy atom. The van der Waals surface area contributed by atoms with Crippen molar-refractivity contribution in [2.45, 2.75) is 30.1 Å². The molecular formula is C24H24N2O4S. The van der Waals surface area contributed by atoms with Crippen LogP contribution in [0.2, 0.25) is 0 Å². The highest BCUT2D eigenvalue weighted by Gasteiger charge is 2.51. The molecule has 0 aliphatic heterocycles. The van der Waals surface area contributed by atoms with E-state index in [0.29, 0.717) is 22.7 Å². The molecule has 0 atom stereocenters. The van der Waals surface area contributed by atoms with Crippen molar-refractivity contribution in [2.75, 3.05) is 17.1 Å². The van der Waals surface area contributed by atoms with Crippen LogP contribution in [-0.4, -0.2) is 21.4 Å². The number of nitrogens with one attached hydrogen (secondary N) is 2. The zero-order chi connectivity index (χ0) is 22.1. The summed E-state index contributed by atoms with van der Waals surface area (Å²) in [6.07, 6.45) is 1.55. The lowest BCUT2D eigenvalue weighted by atomic mass is 9.95. The normalized spacial score (nSPS) is 14.5. The quantitative estimate of drug-likeness (QED) is 0.572. The molecule has 0 heterocycles. The number of benzene rings is 3. The number of carbonyl (C=O) groups is 1. The number of hydrogen-bond donors (Lipinski definition) is 2. The van der Waals surface area contributed by atoms with Crippen LogP contribution in [0.4, 0.5) is 11.4 Å². The fourth-order valence-corrected chi connectivity index (χ4v) is 4.95. The van der Waals surface area contributed by atoms with Gasteiger partial charge in [0.15, 0.2) is 0 Å². The van der Waals surface area contributed by atoms with Gasteiger partial charge in [0.2, 0.25) is 5.91 Å². The summed E-state index contributed by atoms with van der Waals surface area (Å²) >= 11 is 0. The first-order valence-corrected chi connectivity index (χ1v) is 11.5. The second-order valence-electron chi connectivity index (χ2n) is 7.72. The van der Waals surface area contributed by atoms with E-state index in [2.05, 4.69) is 10.0 Å². The first-order chi connectivity index (χ1) is 14.8. The number of hydrogen-bond acceptors (Lipinski definition) is 4. The van der Waals surface area contributed by atoms with Crippen molar-refractivity contribution in [3.63, 3.8) is 0 Å². The molecule has 160 valence electrons. The van der Waals surface area contributed by atoms with Crippen LogP contribution in [0.1, 0.15) is 24.0 Å². The van der Waals surface area contributed by atoms with Crippen molar-refractivity contribution < 1.29 is 17.9 Å². The maximum absolute atomic E-state index is 13.0. The van der Waals surface area contributed by atoms with E-state index in [1.54, 1.807) is 50.4 Å². The van der Waals surface area contributed by atoms with Crippen molar-refractivity contribution in [1.82, 2.24) is 0 Å². The number of methoxy groups -OCH3 is 1. The highest BCUT2D eigenvalue weighted by molar-refractivity contribution is 7.92. The molecule has 2 N–H and O–H groups in total. The van der Waals surface area contributed by atoms with Crippen molar-refractivity contribution in [3.05, 3.63) is 83.9 Å². The van der Waals surface area contributed by atoms with E-state index >= 15 is 0 Å². The number of amides is 1. The molecule has 1 fully saturated rings. The Kier molecular flexibility index (Phi) is 5.45. The second kappa shape index (κ2) is 8.07. The SMILES string of the molecule is COc1ccc(NS(=O)(=O)c2cc(NC(=O)C3(c4ccccc4)CC3)ccc2C)cc1. The Labute approximate surface area is 182 Å². The summed E-state index contributed by atoms with van der Waals surface area (Å²) in [5.41, 5.74) is 1.91. The number of ether oxygens (including phenoxy) is 1. The Bertz CT molecular complexity index is 1200. The topological polar surface area (TPSA) is 84.5 Å². The Hall–Kier alpha value is -3.32. The summed E-state index contributed by atoms with van der Waals surface area (Å²) in [4.78, 5) is 13.1. The minimum Gasteiger partial charge on any atom is -0.497 e. The third kappa shape index (κ3) is 4.27. The summed E-state index contributed by atoms with van der Waals surface area (Å²) in [6.45, 7) is 1.72. The average Bonchev–Trinajstić information content (AvgIpc) is 3.58. The molecule has 4 rings (SSSR count). The van der Waals surface area contributed by atoms with Crippen molar-refractivity contribution in [1.29, 1.82) is 0 Å². The molecule has 31 heavy (non-hydrogen) atoms. The molecule has 6 nitrogen and oxygen atoms in total. The van der Waals surface area contributed by atoms with Gasteiger partial charge in [-0.3, -0.25) is 9.52 Å². The molecule has 1 amide bonds. The van der Waals surface area contributed by atoms with Crippen LogP contribution in [-0.2, 0) is 20.2 Å². The largest absolute Gasteiger partial charge is 0.497 e. The maximum atomic E-state index is 13.0. The van der Waals surface area contributed by atoms with E-state index in [-0.39, 0.29) is 10.8 Å². The molecule has 0 unspecified atom stereocenters. The van der Waals surface area contributed by atoms with Crippen molar-refractivity contribution in [2.24, 2.45) is 0 Å². The second-order valence-corrected chi connectivity index (χ2v) is 9.37. The van der Waals surface area contributed by atoms with E-state index in [1.165, 1.54) is 6.07 Å². The minimum atomic E-state index is -3.84. The van der Waals surface area contributed by atoms with Crippen LogP contribution >= 0.6 is 0 Å². The number of aryl methyl sites for hydroxylation is 1. The fraction of sp³-hybridized carbons (Fsp3) is 0.208. The highest BCUT2D eigenvalue weighted by Crippen LogP contribution is 2.49. The van der Waals surface area contributed by atoms with Gasteiger partial charge in [-0.15, -0.1) is 0 Å². The molecular weight excluding hydrogens is 412 g/mol. The zero-order valence-electron chi connectivity index (χ0n) is 17.4. The average molecular weight is 437 g/mol. The van der Waals surface area contributed by atoms with Gasteiger partial charge in [0.1, 0.15) is 5.75 Å². The molecule has 1 saturated carbocycles. The van der Waals surface area contributed by atoms with Gasteiger partial charge in [-0.25, -0.2) is 8.42 Å². The first kappa shape index (κ1) is 20.9. The third-order valence-corrected chi connectivity index (χ3v) is 7.11. The summed E-state index contributed by atoms with van der Waals surface area (Å²) in [6, 6.07) is 21.2. The lowest BCUT2D eigenvalue weighted by Crippen LogP contribution is -2.28. The van der Waals surface area contributed by atoms with Gasteiger partial charge in [-0.05, 0) is 67.3 Å². The lowest BCUT2D eigenvalue weighted by molar-refractivity contribution is -0.118. The smallest absolute Gasteiger partial charge is 0.262 e. The number of anilines is 2. The van der Waals surface area contributed by atoms with Gasteiger partial charge in [0, 0.05) is 11.4 Å². The van der Waals surface area contributed by atoms with Gasteiger partial charge >= 0.3 is 0 Å². The van der Waals surface area contributed by atoms with Crippen LogP contribution in [0.25, 0.3) is 0 Å². The van der Waals surface area contributed by atoms with Crippen LogP contribution in [0.15, 0.2) is 77.7 Å². The molecule has 1 aliphatic rings. The Morgan fingerprint density at radius 1 is 0.935 bits per heavy atom. The summed E-state index contributed by atoms with van der Waals surface area (Å²) in [5, 5.41) is 2.91. The van der Waals surface area contributed by atoms with Crippen molar-refractivity contribution in [3.8, 4) is 5.75 Å². The zero-order valence-corrected chi connectivity index (χ0v) is 18.2. The van der Waals surface area contributed by atoms with E-state index in [0.717, 1.165) is 18.4 Å². The summed E-state index contributed by atoms with van der Waals surface area (Å²) < 4.78 is 33.7. The maximum Gasteiger partial charge on any atom is 0.262 e. The van der Waals surface area contributed by atoms with E-state index in [1.807, 2.05) is 30.3 Å². The Balaban J connectivity index is 1.56. The van der Waals surface area contributed by atoms with Crippen LogP contribution in [0.5, 0.6) is 5.75 Å². The van der Waals surface area contributed by atoms with Gasteiger partial charge in [0.25, 0.3) is 10.0 Å². The molecule has 0 bridgehead atoms. The number of sulfonamides is 1. The fourth-order valence-electron chi connectivity index (χ4n) is 3.62. The van der Waals surface area contributed by atoms with Gasteiger partial charge in [-0.1, -0.05) is 36.4 Å². The predicted molar refractivity (Wildman–Crippen MR) is 121 cm³/mol. The van der Waals surface area contributed by atoms with E-state index in [9.17, 15) is 13.2 Å². The highest BCUT2D eigenvalue weighted by atomic mass is 32.2. The van der Waals surface area contributed by atoms with Crippen LogP contribution in [0, 0.1) is 6.92 Å². The monoisotopic (exact) mass is 436 g/mol. The summed E-state index contributed by atoms with van der Waals surface area (Å²) in [7, 11) is -2.29.